The topological polar surface area (TPSA) is 69.5 Å². The minimum atomic E-state index is -0.123. The summed E-state index contributed by atoms with van der Waals surface area (Å²) in [6.07, 6.45) is 4.59. The summed E-state index contributed by atoms with van der Waals surface area (Å²) in [6, 6.07) is 4.76. The molecule has 0 aromatic carbocycles. The van der Waals surface area contributed by atoms with Crippen LogP contribution in [0, 0.1) is 6.92 Å². The minimum absolute atomic E-state index is 0.123. The van der Waals surface area contributed by atoms with Crippen LogP contribution in [0.3, 0.4) is 0 Å². The van der Waals surface area contributed by atoms with E-state index >= 15 is 0 Å². The third-order valence-electron chi connectivity index (χ3n) is 4.54. The van der Waals surface area contributed by atoms with Crippen LogP contribution in [0.1, 0.15) is 42.5 Å². The van der Waals surface area contributed by atoms with Crippen molar-refractivity contribution in [1.29, 1.82) is 0 Å². The van der Waals surface area contributed by atoms with Crippen LogP contribution < -0.4 is 10.6 Å². The van der Waals surface area contributed by atoms with E-state index in [1.807, 2.05) is 6.92 Å². The quantitative estimate of drug-likeness (QED) is 0.519. The zero-order chi connectivity index (χ0) is 18.4. The van der Waals surface area contributed by atoms with Gasteiger partial charge in [0.2, 0.25) is 0 Å². The van der Waals surface area contributed by atoms with Gasteiger partial charge in [0, 0.05) is 35.8 Å². The summed E-state index contributed by atoms with van der Waals surface area (Å²) >= 11 is 3.50. The Morgan fingerprint density at radius 3 is 2.81 bits per heavy atom. The van der Waals surface area contributed by atoms with E-state index < -0.39 is 0 Å². The molecule has 2 heterocycles. The van der Waals surface area contributed by atoms with Gasteiger partial charge in [-0.2, -0.15) is 0 Å². The van der Waals surface area contributed by atoms with E-state index in [0.29, 0.717) is 6.04 Å². The Morgan fingerprint density at radius 1 is 1.31 bits per heavy atom. The fraction of sp³-hybridized carbons (Fsp3) is 0.579. The number of aliphatic hydroxyl groups excluding tert-OH is 1. The predicted molar refractivity (Wildman–Crippen MR) is 111 cm³/mol. The second kappa shape index (κ2) is 9.48. The van der Waals surface area contributed by atoms with Gasteiger partial charge in [-0.3, -0.25) is 4.99 Å². The molecule has 0 saturated heterocycles. The highest BCUT2D eigenvalue weighted by Gasteiger charge is 2.19. The predicted octanol–water partition coefficient (Wildman–Crippen LogP) is 3.58. The number of thiophene rings is 1. The number of hydrogen-bond donors (Lipinski definition) is 3. The number of hydrogen-bond acceptors (Lipinski definition) is 5. The van der Waals surface area contributed by atoms with Gasteiger partial charge in [-0.1, -0.05) is 0 Å². The van der Waals surface area contributed by atoms with Gasteiger partial charge in [-0.05, 0) is 51.7 Å². The summed E-state index contributed by atoms with van der Waals surface area (Å²) in [4.78, 5) is 11.9. The van der Waals surface area contributed by atoms with Crippen molar-refractivity contribution < 1.29 is 5.11 Å². The molecule has 3 N–H and O–H groups in total. The van der Waals surface area contributed by atoms with Gasteiger partial charge in [0.25, 0.3) is 0 Å². The lowest BCUT2D eigenvalue weighted by molar-refractivity contribution is 0.120. The molecule has 1 aliphatic carbocycles. The molecule has 1 aliphatic rings. The summed E-state index contributed by atoms with van der Waals surface area (Å²) in [5, 5.41) is 19.7. The Morgan fingerprint density at radius 2 is 2.12 bits per heavy atom. The van der Waals surface area contributed by atoms with E-state index in [2.05, 4.69) is 40.1 Å². The third-order valence-corrected chi connectivity index (χ3v) is 6.48. The molecular formula is C19H28N4OS2. The Kier molecular flexibility index (Phi) is 7.05. The van der Waals surface area contributed by atoms with Crippen molar-refractivity contribution in [2.75, 3.05) is 13.1 Å². The maximum Gasteiger partial charge on any atom is 0.191 e. The standard InChI is InChI=1S/C19H28N4OS2/c1-3-20-19(23-14-4-6-15(24)7-5-14)21-11-10-16-8-9-18(26-16)17-12-25-13(2)22-17/h8-9,12,14-15,24H,3-7,10-11H2,1-2H3,(H2,20,21,23). The molecule has 2 aromatic rings. The molecule has 1 saturated carbocycles. The van der Waals surface area contributed by atoms with Crippen molar-refractivity contribution in [2.45, 2.75) is 58.1 Å². The van der Waals surface area contributed by atoms with Crippen LogP contribution in [0.4, 0.5) is 0 Å². The molecule has 0 unspecified atom stereocenters. The van der Waals surface area contributed by atoms with Gasteiger partial charge in [0.1, 0.15) is 0 Å². The number of nitrogens with zero attached hydrogens (tertiary/aromatic N) is 2. The molecule has 2 aromatic heterocycles. The van der Waals surface area contributed by atoms with Gasteiger partial charge in [0.05, 0.1) is 21.7 Å². The van der Waals surface area contributed by atoms with E-state index in [-0.39, 0.29) is 6.10 Å². The number of thiazole rings is 1. The van der Waals surface area contributed by atoms with E-state index in [1.165, 1.54) is 9.75 Å². The molecule has 0 atom stereocenters. The molecule has 0 radical (unpaired) electrons. The summed E-state index contributed by atoms with van der Waals surface area (Å²) < 4.78 is 0. The van der Waals surface area contributed by atoms with Crippen molar-refractivity contribution in [2.24, 2.45) is 4.99 Å². The van der Waals surface area contributed by atoms with Gasteiger partial charge >= 0.3 is 0 Å². The monoisotopic (exact) mass is 392 g/mol. The molecule has 3 rings (SSSR count). The Labute approximate surface area is 163 Å². The van der Waals surface area contributed by atoms with Crippen molar-refractivity contribution in [3.8, 4) is 10.6 Å². The lowest BCUT2D eigenvalue weighted by Crippen LogP contribution is -2.45. The van der Waals surface area contributed by atoms with Gasteiger partial charge in [0.15, 0.2) is 5.96 Å². The smallest absolute Gasteiger partial charge is 0.191 e. The average Bonchev–Trinajstić information content (AvgIpc) is 3.26. The molecule has 7 heteroatoms. The number of aryl methyl sites for hydroxylation is 1. The first-order chi connectivity index (χ1) is 12.6. The largest absolute Gasteiger partial charge is 0.393 e. The molecule has 26 heavy (non-hydrogen) atoms. The zero-order valence-corrected chi connectivity index (χ0v) is 17.1. The van der Waals surface area contributed by atoms with Crippen LogP contribution in [-0.4, -0.2) is 41.3 Å². The van der Waals surface area contributed by atoms with Crippen molar-refractivity contribution in [3.05, 3.63) is 27.4 Å². The molecule has 0 spiro atoms. The van der Waals surface area contributed by atoms with Crippen LogP contribution >= 0.6 is 22.7 Å². The molecule has 1 fully saturated rings. The highest BCUT2D eigenvalue weighted by Crippen LogP contribution is 2.29. The second-order valence-corrected chi connectivity index (χ2v) is 8.91. The first kappa shape index (κ1) is 19.3. The zero-order valence-electron chi connectivity index (χ0n) is 15.5. The number of aromatic nitrogens is 1. The van der Waals surface area contributed by atoms with Crippen molar-refractivity contribution in [3.63, 3.8) is 0 Å². The minimum Gasteiger partial charge on any atom is -0.393 e. The first-order valence-electron chi connectivity index (χ1n) is 9.38. The summed E-state index contributed by atoms with van der Waals surface area (Å²) in [7, 11) is 0. The highest BCUT2D eigenvalue weighted by molar-refractivity contribution is 7.16. The van der Waals surface area contributed by atoms with Gasteiger partial charge in [-0.15, -0.1) is 22.7 Å². The fourth-order valence-corrected chi connectivity index (χ4v) is 4.78. The fourth-order valence-electron chi connectivity index (χ4n) is 3.14. The van der Waals surface area contributed by atoms with E-state index in [9.17, 15) is 5.11 Å². The average molecular weight is 393 g/mol. The number of aliphatic hydroxyl groups is 1. The Bertz CT molecular complexity index is 717. The molecule has 5 nitrogen and oxygen atoms in total. The highest BCUT2D eigenvalue weighted by atomic mass is 32.1. The number of guanidine groups is 1. The number of aliphatic imine (C=N–C) groups is 1. The summed E-state index contributed by atoms with van der Waals surface area (Å²) in [5.41, 5.74) is 1.08. The second-order valence-electron chi connectivity index (χ2n) is 6.68. The van der Waals surface area contributed by atoms with Crippen LogP contribution in [0.2, 0.25) is 0 Å². The normalized spacial score (nSPS) is 21.0. The van der Waals surface area contributed by atoms with E-state index in [0.717, 1.165) is 61.9 Å². The number of rotatable bonds is 6. The Hall–Kier alpha value is -1.44. The third kappa shape index (κ3) is 5.53. The lowest BCUT2D eigenvalue weighted by Gasteiger charge is -2.27. The van der Waals surface area contributed by atoms with Crippen molar-refractivity contribution in [1.82, 2.24) is 15.6 Å². The lowest BCUT2D eigenvalue weighted by atomic mass is 9.93. The SMILES string of the molecule is CCNC(=NCCc1ccc(-c2csc(C)n2)s1)NC1CCC(O)CC1. The van der Waals surface area contributed by atoms with Crippen LogP contribution in [0.5, 0.6) is 0 Å². The van der Waals surface area contributed by atoms with Crippen LogP contribution in [-0.2, 0) is 6.42 Å². The van der Waals surface area contributed by atoms with E-state index in [1.54, 1.807) is 22.7 Å². The molecule has 142 valence electrons. The van der Waals surface area contributed by atoms with Gasteiger partial charge in [-0.25, -0.2) is 4.98 Å². The molecule has 0 bridgehead atoms. The number of nitrogens with one attached hydrogen (secondary N) is 2. The van der Waals surface area contributed by atoms with Crippen LogP contribution in [0.25, 0.3) is 10.6 Å². The molecular weight excluding hydrogens is 364 g/mol. The first-order valence-corrected chi connectivity index (χ1v) is 11.1. The maximum absolute atomic E-state index is 9.64. The van der Waals surface area contributed by atoms with Crippen molar-refractivity contribution >= 4 is 28.6 Å². The maximum atomic E-state index is 9.64. The van der Waals surface area contributed by atoms with Gasteiger partial charge < -0.3 is 15.7 Å². The van der Waals surface area contributed by atoms with E-state index in [4.69, 9.17) is 4.99 Å². The molecule has 0 aliphatic heterocycles. The Balaban J connectivity index is 1.52. The van der Waals surface area contributed by atoms with Crippen LogP contribution in [0.15, 0.2) is 22.5 Å². The summed E-state index contributed by atoms with van der Waals surface area (Å²) in [5.74, 6) is 0.890. The molecule has 0 amide bonds. The summed E-state index contributed by atoms with van der Waals surface area (Å²) in [6.45, 7) is 5.75.